The lowest BCUT2D eigenvalue weighted by Crippen LogP contribution is -2.62. The van der Waals surface area contributed by atoms with Gasteiger partial charge in [-0.05, 0) is 13.8 Å². The van der Waals surface area contributed by atoms with Gasteiger partial charge in [0.2, 0.25) is 11.5 Å². The molecule has 1 saturated heterocycles. The zero-order valence-electron chi connectivity index (χ0n) is 19.9. The number of carboxylic acids is 2. The molecule has 0 saturated carbocycles. The van der Waals surface area contributed by atoms with E-state index >= 15 is 0 Å². The van der Waals surface area contributed by atoms with Crippen LogP contribution in [0, 0.1) is 5.92 Å². The maximum absolute atomic E-state index is 13.2. The van der Waals surface area contributed by atoms with E-state index in [0.29, 0.717) is 17.9 Å². The molecule has 1 fully saturated rings. The number of carbonyl (C=O) groups is 4. The smallest absolute Gasteiger partial charge is 0.352 e. The molecule has 2 aromatic rings. The number of Topliss-reactive ketones (excluding diaryl/α,β-unsaturated/α-hetero) is 1. The van der Waals surface area contributed by atoms with Gasteiger partial charge in [0.05, 0.1) is 11.3 Å². The Balaban J connectivity index is 1.55. The highest BCUT2D eigenvalue weighted by atomic mass is 32.2. The molecular formula is C23H24N5O7S2+. The minimum absolute atomic E-state index is 0.0680. The summed E-state index contributed by atoms with van der Waals surface area (Å²) in [5.74, 6) is -3.99. The van der Waals surface area contributed by atoms with Crippen LogP contribution in [0.2, 0.25) is 0 Å². The first-order valence-corrected chi connectivity index (χ1v) is 13.0. The van der Waals surface area contributed by atoms with Crippen LogP contribution in [0.4, 0.5) is 5.13 Å². The van der Waals surface area contributed by atoms with Crippen LogP contribution >= 0.6 is 23.1 Å². The molecule has 4 heterocycles. The molecule has 14 heteroatoms. The van der Waals surface area contributed by atoms with Gasteiger partial charge in [0.1, 0.15) is 11.4 Å². The molecule has 2 aliphatic rings. The first-order valence-electron chi connectivity index (χ1n) is 11.1. The number of nitrogen functional groups attached to an aromatic ring is 1. The van der Waals surface area contributed by atoms with E-state index in [2.05, 4.69) is 10.1 Å². The summed E-state index contributed by atoms with van der Waals surface area (Å²) >= 11 is 2.45. The second-order valence-electron chi connectivity index (χ2n) is 8.87. The average Bonchev–Trinajstić information content (AvgIpc) is 3.28. The van der Waals surface area contributed by atoms with Crippen molar-refractivity contribution in [1.82, 2.24) is 9.88 Å². The number of rotatable bonds is 10. The summed E-state index contributed by atoms with van der Waals surface area (Å²) in [6.07, 6.45) is 3.33. The van der Waals surface area contributed by atoms with E-state index in [9.17, 15) is 29.4 Å². The third kappa shape index (κ3) is 5.34. The van der Waals surface area contributed by atoms with E-state index in [1.807, 2.05) is 35.2 Å². The molecule has 12 nitrogen and oxygen atoms in total. The van der Waals surface area contributed by atoms with Gasteiger partial charge < -0.3 is 20.8 Å². The van der Waals surface area contributed by atoms with Gasteiger partial charge in [0.15, 0.2) is 35.6 Å². The number of carboxylic acid groups (broad SMARTS) is 2. The lowest BCUT2D eigenvalue weighted by atomic mass is 9.89. The highest BCUT2D eigenvalue weighted by Crippen LogP contribution is 2.45. The van der Waals surface area contributed by atoms with Crippen molar-refractivity contribution in [1.29, 1.82) is 0 Å². The molecule has 0 bridgehead atoms. The largest absolute Gasteiger partial charge is 0.478 e. The number of carbonyl (C=O) groups excluding carboxylic acids is 2. The Morgan fingerprint density at radius 3 is 2.57 bits per heavy atom. The van der Waals surface area contributed by atoms with Crippen molar-refractivity contribution in [2.24, 2.45) is 11.1 Å². The summed E-state index contributed by atoms with van der Waals surface area (Å²) in [6.45, 7) is 2.86. The fourth-order valence-corrected chi connectivity index (χ4v) is 5.78. The normalized spacial score (nSPS) is 19.8. The Bertz CT molecular complexity index is 1320. The SMILES string of the molecule is CC(C)(O/N=C(/C(=O)C[C@@H]1C(=O)N2C(C(=O)O)=C(C[n+]3ccccc3)CS[C@H]12)c1csc(N)n1)C(=O)O. The Morgan fingerprint density at radius 2 is 1.97 bits per heavy atom. The number of hydrogen-bond acceptors (Lipinski definition) is 10. The number of β-lactam (4-membered cyclic amide) rings is 1. The predicted octanol–water partition coefficient (Wildman–Crippen LogP) is 1.13. The third-order valence-corrected chi connectivity index (χ3v) is 7.89. The number of aliphatic carboxylic acids is 2. The monoisotopic (exact) mass is 546 g/mol. The molecule has 0 unspecified atom stereocenters. The number of oxime groups is 1. The second kappa shape index (κ2) is 10.3. The van der Waals surface area contributed by atoms with Gasteiger partial charge in [-0.15, -0.1) is 23.1 Å². The number of thiazole rings is 1. The third-order valence-electron chi connectivity index (χ3n) is 5.82. The number of aromatic nitrogens is 2. The van der Waals surface area contributed by atoms with Crippen molar-refractivity contribution < 1.29 is 38.8 Å². The summed E-state index contributed by atoms with van der Waals surface area (Å²) in [5, 5.41) is 24.1. The minimum Gasteiger partial charge on any atom is -0.478 e. The molecule has 0 spiro atoms. The minimum atomic E-state index is -1.72. The zero-order valence-corrected chi connectivity index (χ0v) is 21.5. The molecule has 0 aromatic carbocycles. The van der Waals surface area contributed by atoms with Crippen LogP contribution < -0.4 is 10.3 Å². The molecule has 0 radical (unpaired) electrons. The van der Waals surface area contributed by atoms with Crippen molar-refractivity contribution in [3.63, 3.8) is 0 Å². The van der Waals surface area contributed by atoms with Crippen molar-refractivity contribution in [2.75, 3.05) is 11.5 Å². The van der Waals surface area contributed by atoms with Crippen LogP contribution in [0.1, 0.15) is 26.0 Å². The van der Waals surface area contributed by atoms with Crippen molar-refractivity contribution in [2.45, 2.75) is 37.8 Å². The summed E-state index contributed by atoms with van der Waals surface area (Å²) in [5.41, 5.74) is 4.33. The number of hydrogen-bond donors (Lipinski definition) is 3. The zero-order chi connectivity index (χ0) is 26.9. The fourth-order valence-electron chi connectivity index (χ4n) is 3.83. The number of anilines is 1. The van der Waals surface area contributed by atoms with Gasteiger partial charge >= 0.3 is 11.9 Å². The first-order chi connectivity index (χ1) is 17.5. The summed E-state index contributed by atoms with van der Waals surface area (Å²) in [4.78, 5) is 60.2. The van der Waals surface area contributed by atoms with Gasteiger partial charge in [-0.2, -0.15) is 0 Å². The van der Waals surface area contributed by atoms with Gasteiger partial charge in [-0.25, -0.2) is 19.1 Å². The highest BCUT2D eigenvalue weighted by molar-refractivity contribution is 8.00. The van der Waals surface area contributed by atoms with E-state index in [-0.39, 0.29) is 28.7 Å². The summed E-state index contributed by atoms with van der Waals surface area (Å²) in [6, 6.07) is 5.50. The second-order valence-corrected chi connectivity index (χ2v) is 10.9. The number of ketones is 1. The molecule has 1 amide bonds. The lowest BCUT2D eigenvalue weighted by Gasteiger charge is -2.49. The number of fused-ring (bicyclic) bond motifs is 1. The average molecular weight is 547 g/mol. The Labute approximate surface area is 219 Å². The summed E-state index contributed by atoms with van der Waals surface area (Å²) < 4.78 is 1.82. The van der Waals surface area contributed by atoms with Gasteiger partial charge in [-0.1, -0.05) is 11.2 Å². The van der Waals surface area contributed by atoms with E-state index in [0.717, 1.165) is 11.3 Å². The van der Waals surface area contributed by atoms with Gasteiger partial charge in [0, 0.05) is 35.3 Å². The van der Waals surface area contributed by atoms with Gasteiger partial charge in [-0.3, -0.25) is 14.5 Å². The lowest BCUT2D eigenvalue weighted by molar-refractivity contribution is -0.689. The Hall–Kier alpha value is -3.78. The molecule has 2 aliphatic heterocycles. The van der Waals surface area contributed by atoms with Crippen LogP contribution in [0.25, 0.3) is 0 Å². The van der Waals surface area contributed by atoms with Crippen LogP contribution in [0.15, 0.2) is 52.4 Å². The van der Waals surface area contributed by atoms with Gasteiger partial charge in [0.25, 0.3) is 0 Å². The molecule has 4 N–H and O–H groups in total. The highest BCUT2D eigenvalue weighted by Gasteiger charge is 2.54. The van der Waals surface area contributed by atoms with Crippen LogP contribution in [-0.2, 0) is 30.6 Å². The number of thioether (sulfide) groups is 1. The molecule has 194 valence electrons. The van der Waals surface area contributed by atoms with E-state index in [1.54, 1.807) is 0 Å². The van der Waals surface area contributed by atoms with Crippen molar-refractivity contribution >= 4 is 57.6 Å². The van der Waals surface area contributed by atoms with Crippen molar-refractivity contribution in [3.8, 4) is 0 Å². The maximum atomic E-state index is 13.2. The van der Waals surface area contributed by atoms with Crippen LogP contribution in [0.3, 0.4) is 0 Å². The quantitative estimate of drug-likeness (QED) is 0.169. The van der Waals surface area contributed by atoms with E-state index in [4.69, 9.17) is 10.6 Å². The number of amides is 1. The number of pyridine rings is 1. The topological polar surface area (TPSA) is 176 Å². The number of nitrogens with two attached hydrogens (primary N) is 1. The molecule has 2 atom stereocenters. The Morgan fingerprint density at radius 1 is 1.27 bits per heavy atom. The standard InChI is InChI=1S/C23H23N5O7S2/c1-23(2,21(33)34)35-26-16(14-11-37-22(24)25-14)15(29)8-13-18(30)28-17(20(31)32)12(10-36-19(13)28)9-27-6-4-3-5-7-27/h3-7,11,13,19H,8-10H2,1-2H3,(H3-,24,25,31,32,33,34)/p+1/b26-16+/t13-,19-/m1/s1. The van der Waals surface area contributed by atoms with Crippen LogP contribution in [0.5, 0.6) is 0 Å². The molecule has 4 rings (SSSR count). The van der Waals surface area contributed by atoms with E-state index < -0.39 is 40.5 Å². The molecule has 37 heavy (non-hydrogen) atoms. The fraction of sp³-hybridized carbons (Fsp3) is 0.348. The van der Waals surface area contributed by atoms with E-state index in [1.165, 1.54) is 35.9 Å². The van der Waals surface area contributed by atoms with Crippen molar-refractivity contribution in [3.05, 3.63) is 52.9 Å². The van der Waals surface area contributed by atoms with Crippen LogP contribution in [-0.4, -0.2) is 66.2 Å². The first kappa shape index (κ1) is 26.3. The Kier molecular flexibility index (Phi) is 7.32. The maximum Gasteiger partial charge on any atom is 0.352 e. The molecule has 0 aliphatic carbocycles. The predicted molar refractivity (Wildman–Crippen MR) is 133 cm³/mol. The number of nitrogens with zero attached hydrogens (tertiary/aromatic N) is 4. The molecular weight excluding hydrogens is 522 g/mol. The summed E-state index contributed by atoms with van der Waals surface area (Å²) in [7, 11) is 0. The molecule has 2 aromatic heterocycles.